The second-order valence-corrected chi connectivity index (χ2v) is 7.44. The maximum absolute atomic E-state index is 11.6. The van der Waals surface area contributed by atoms with Crippen molar-refractivity contribution in [3.05, 3.63) is 12.2 Å². The zero-order valence-electron chi connectivity index (χ0n) is 17.7. The van der Waals surface area contributed by atoms with Crippen LogP contribution in [0.4, 0.5) is 0 Å². The largest absolute Gasteiger partial charge is 0.478 e. The molecule has 1 aliphatic heterocycles. The lowest BCUT2D eigenvalue weighted by molar-refractivity contribution is -0.144. The number of allylic oxidation sites excluding steroid dienone is 2. The van der Waals surface area contributed by atoms with Crippen molar-refractivity contribution in [3.8, 4) is 0 Å². The smallest absolute Gasteiger partial charge is 0.334 e. The number of hydrogen-bond donors (Lipinski definition) is 0. The molecule has 0 saturated carbocycles. The minimum Gasteiger partial charge on any atom is -0.478 e. The Hall–Kier alpha value is -1.32. The number of nitrogens with zero attached hydrogens (tertiary/aromatic N) is 1. The summed E-state index contributed by atoms with van der Waals surface area (Å²) < 4.78 is 10.5. The van der Waals surface area contributed by atoms with Gasteiger partial charge in [0.05, 0.1) is 6.61 Å². The molecule has 0 amide bonds. The van der Waals surface area contributed by atoms with Gasteiger partial charge in [0.15, 0.2) is 11.9 Å². The van der Waals surface area contributed by atoms with Crippen molar-refractivity contribution < 1.29 is 14.3 Å². The Morgan fingerprint density at radius 2 is 1.56 bits per heavy atom. The van der Waals surface area contributed by atoms with Gasteiger partial charge >= 0.3 is 5.97 Å². The van der Waals surface area contributed by atoms with Crippen molar-refractivity contribution in [2.75, 3.05) is 13.2 Å². The van der Waals surface area contributed by atoms with Crippen molar-refractivity contribution in [3.63, 3.8) is 0 Å². The van der Waals surface area contributed by atoms with Crippen LogP contribution < -0.4 is 0 Å². The predicted molar refractivity (Wildman–Crippen MR) is 113 cm³/mol. The molecular formula is C23H41NO3. The Labute approximate surface area is 166 Å². The van der Waals surface area contributed by atoms with Crippen molar-refractivity contribution in [1.82, 2.24) is 0 Å². The lowest BCUT2D eigenvalue weighted by Crippen LogP contribution is -2.22. The van der Waals surface area contributed by atoms with Crippen LogP contribution >= 0.6 is 0 Å². The van der Waals surface area contributed by atoms with Gasteiger partial charge in [-0.05, 0) is 39.0 Å². The summed E-state index contributed by atoms with van der Waals surface area (Å²) in [6.07, 6.45) is 22.5. The second kappa shape index (κ2) is 16.8. The molecule has 4 nitrogen and oxygen atoms in total. The van der Waals surface area contributed by atoms with E-state index >= 15 is 0 Å². The first-order valence-electron chi connectivity index (χ1n) is 11.3. The summed E-state index contributed by atoms with van der Waals surface area (Å²) in [5.41, 5.74) is 0. The number of aliphatic imine (C=N–C) groups is 1. The monoisotopic (exact) mass is 379 g/mol. The summed E-state index contributed by atoms with van der Waals surface area (Å²) in [5.74, 6) is 0.461. The van der Waals surface area contributed by atoms with Crippen molar-refractivity contribution in [1.29, 1.82) is 0 Å². The highest BCUT2D eigenvalue weighted by Gasteiger charge is 2.26. The molecule has 0 bridgehead atoms. The fourth-order valence-corrected chi connectivity index (χ4v) is 3.27. The Balaban J connectivity index is 1.87. The molecule has 4 heteroatoms. The van der Waals surface area contributed by atoms with E-state index in [-0.39, 0.29) is 5.97 Å². The third-order valence-electron chi connectivity index (χ3n) is 4.92. The van der Waals surface area contributed by atoms with E-state index in [1.807, 2.05) is 6.92 Å². The first-order valence-corrected chi connectivity index (χ1v) is 11.3. The van der Waals surface area contributed by atoms with Gasteiger partial charge in [-0.2, -0.15) is 0 Å². The molecule has 0 spiro atoms. The van der Waals surface area contributed by atoms with Crippen LogP contribution in [0.25, 0.3) is 0 Å². The summed E-state index contributed by atoms with van der Waals surface area (Å²) in [6.45, 7) is 4.82. The molecule has 27 heavy (non-hydrogen) atoms. The molecule has 0 aliphatic carbocycles. The third-order valence-corrected chi connectivity index (χ3v) is 4.92. The van der Waals surface area contributed by atoms with Gasteiger partial charge < -0.3 is 9.47 Å². The van der Waals surface area contributed by atoms with Crippen LogP contribution in [-0.2, 0) is 14.3 Å². The normalized spacial score (nSPS) is 16.5. The molecule has 0 radical (unpaired) electrons. The summed E-state index contributed by atoms with van der Waals surface area (Å²) in [5, 5.41) is 0. The summed E-state index contributed by atoms with van der Waals surface area (Å²) in [7, 11) is 0. The maximum Gasteiger partial charge on any atom is 0.334 e. The Bertz CT molecular complexity index is 431. The number of hydrogen-bond acceptors (Lipinski definition) is 4. The molecule has 1 aliphatic rings. The fraction of sp³-hybridized carbons (Fsp3) is 0.826. The lowest BCUT2D eigenvalue weighted by Gasteiger charge is -2.03. The van der Waals surface area contributed by atoms with E-state index < -0.39 is 6.04 Å². The Morgan fingerprint density at radius 1 is 0.963 bits per heavy atom. The highest BCUT2D eigenvalue weighted by molar-refractivity contribution is 5.85. The van der Waals surface area contributed by atoms with Crippen LogP contribution in [0.5, 0.6) is 0 Å². The second-order valence-electron chi connectivity index (χ2n) is 7.44. The van der Waals surface area contributed by atoms with Gasteiger partial charge in [0.2, 0.25) is 0 Å². The van der Waals surface area contributed by atoms with E-state index in [0.717, 1.165) is 18.7 Å². The van der Waals surface area contributed by atoms with E-state index in [9.17, 15) is 4.79 Å². The van der Waals surface area contributed by atoms with Gasteiger partial charge in [0, 0.05) is 6.42 Å². The van der Waals surface area contributed by atoms with E-state index in [1.54, 1.807) is 0 Å². The standard InChI is InChI=1S/C23H41NO3/c1-3-5-6-7-8-9-10-11-12-13-14-15-16-17-18-19-22-24-21(20-27-22)23(25)26-4-2/h11-12,21H,3-10,13-20H2,1-2H3/b12-11-. The van der Waals surface area contributed by atoms with Gasteiger partial charge in [0.25, 0.3) is 0 Å². The third kappa shape index (κ3) is 12.6. The van der Waals surface area contributed by atoms with Gasteiger partial charge in [-0.3, -0.25) is 0 Å². The van der Waals surface area contributed by atoms with Gasteiger partial charge in [0.1, 0.15) is 6.61 Å². The number of rotatable bonds is 17. The van der Waals surface area contributed by atoms with Gasteiger partial charge in [-0.25, -0.2) is 9.79 Å². The van der Waals surface area contributed by atoms with Crippen LogP contribution in [0.3, 0.4) is 0 Å². The summed E-state index contributed by atoms with van der Waals surface area (Å²) in [4.78, 5) is 15.9. The number of carbonyl (C=O) groups is 1. The van der Waals surface area contributed by atoms with Crippen molar-refractivity contribution in [2.45, 2.75) is 110 Å². The quantitative estimate of drug-likeness (QED) is 0.167. The molecule has 156 valence electrons. The molecule has 1 atom stereocenters. The Kier molecular flexibility index (Phi) is 14.8. The topological polar surface area (TPSA) is 47.9 Å². The number of unbranched alkanes of at least 4 members (excludes halogenated alkanes) is 11. The predicted octanol–water partition coefficient (Wildman–Crippen LogP) is 6.38. The molecule has 0 aromatic heterocycles. The minimum atomic E-state index is -0.442. The zero-order chi connectivity index (χ0) is 19.6. The molecule has 0 aromatic rings. The van der Waals surface area contributed by atoms with Crippen molar-refractivity contribution in [2.24, 2.45) is 4.99 Å². The first kappa shape index (κ1) is 23.7. The average molecular weight is 380 g/mol. The maximum atomic E-state index is 11.6. The first-order chi connectivity index (χ1) is 13.3. The molecule has 0 fully saturated rings. The van der Waals surface area contributed by atoms with Crippen LogP contribution in [0.15, 0.2) is 17.1 Å². The van der Waals surface area contributed by atoms with E-state index in [4.69, 9.17) is 9.47 Å². The van der Waals surface area contributed by atoms with Gasteiger partial charge in [-0.1, -0.05) is 70.4 Å². The highest BCUT2D eigenvalue weighted by atomic mass is 16.5. The molecule has 1 heterocycles. The van der Waals surface area contributed by atoms with Crippen LogP contribution in [0.1, 0.15) is 104 Å². The minimum absolute atomic E-state index is 0.267. The molecule has 1 rings (SSSR count). The summed E-state index contributed by atoms with van der Waals surface area (Å²) in [6, 6.07) is -0.442. The molecule has 0 aromatic carbocycles. The molecule has 0 N–H and O–H groups in total. The van der Waals surface area contributed by atoms with Crippen LogP contribution in [0.2, 0.25) is 0 Å². The van der Waals surface area contributed by atoms with E-state index in [1.165, 1.54) is 77.0 Å². The van der Waals surface area contributed by atoms with E-state index in [2.05, 4.69) is 24.1 Å². The number of esters is 1. The number of carbonyl (C=O) groups excluding carboxylic acids is 1. The number of ether oxygens (including phenoxy) is 2. The molecule has 1 unspecified atom stereocenters. The SMILES string of the molecule is CCCCCCCC/C=C\CCCCCCCC1=NC(C(=O)OCC)CO1. The highest BCUT2D eigenvalue weighted by Crippen LogP contribution is 2.14. The molecular weight excluding hydrogens is 338 g/mol. The van der Waals surface area contributed by atoms with Crippen LogP contribution in [0, 0.1) is 0 Å². The summed E-state index contributed by atoms with van der Waals surface area (Å²) >= 11 is 0. The van der Waals surface area contributed by atoms with Crippen molar-refractivity contribution >= 4 is 11.9 Å². The van der Waals surface area contributed by atoms with Crippen LogP contribution in [-0.4, -0.2) is 31.1 Å². The van der Waals surface area contributed by atoms with Gasteiger partial charge in [-0.15, -0.1) is 0 Å². The lowest BCUT2D eigenvalue weighted by atomic mass is 10.1. The average Bonchev–Trinajstić information content (AvgIpc) is 3.14. The molecule has 0 saturated heterocycles. The fourth-order valence-electron chi connectivity index (χ4n) is 3.27. The zero-order valence-corrected chi connectivity index (χ0v) is 17.7. The van der Waals surface area contributed by atoms with E-state index in [0.29, 0.717) is 13.2 Å². The Morgan fingerprint density at radius 3 is 2.19 bits per heavy atom.